The molecule has 16 heavy (non-hydrogen) atoms. The number of nitrogens with zero attached hydrogens (tertiary/aromatic N) is 1. The zero-order valence-corrected chi connectivity index (χ0v) is 8.67. The van der Waals surface area contributed by atoms with Gasteiger partial charge < -0.3 is 14.6 Å². The van der Waals surface area contributed by atoms with Gasteiger partial charge in [-0.25, -0.2) is 0 Å². The quantitative estimate of drug-likeness (QED) is 0.426. The topological polar surface area (TPSA) is 81.8 Å². The predicted octanol–water partition coefficient (Wildman–Crippen LogP) is 0.982. The average molecular weight is 227 g/mol. The maximum atomic E-state index is 10.4. The molecule has 0 amide bonds. The Kier molecular flexibility index (Phi) is 5.24. The third-order valence-corrected chi connectivity index (χ3v) is 1.78. The molecule has 1 aromatic carbocycles. The minimum Gasteiger partial charge on any atom is -0.491 e. The van der Waals surface area contributed by atoms with Crippen molar-refractivity contribution in [2.45, 2.75) is 0 Å². The smallest absolute Gasteiger partial charge is 0.269 e. The molecular formula is C10H13NO5. The molecule has 0 aliphatic carbocycles. The van der Waals surface area contributed by atoms with Crippen molar-refractivity contribution in [3.63, 3.8) is 0 Å². The third kappa shape index (κ3) is 4.24. The summed E-state index contributed by atoms with van der Waals surface area (Å²) >= 11 is 0. The second-order valence-corrected chi connectivity index (χ2v) is 2.94. The highest BCUT2D eigenvalue weighted by molar-refractivity contribution is 5.35. The summed E-state index contributed by atoms with van der Waals surface area (Å²) in [5.74, 6) is 0.554. The van der Waals surface area contributed by atoms with E-state index in [2.05, 4.69) is 0 Å². The fourth-order valence-corrected chi connectivity index (χ4v) is 1.05. The second-order valence-electron chi connectivity index (χ2n) is 2.94. The zero-order valence-electron chi connectivity index (χ0n) is 8.67. The van der Waals surface area contributed by atoms with Crippen molar-refractivity contribution in [1.29, 1.82) is 0 Å². The molecule has 0 aliphatic heterocycles. The maximum Gasteiger partial charge on any atom is 0.269 e. The summed E-state index contributed by atoms with van der Waals surface area (Å²) in [5.41, 5.74) is 0.0314. The number of nitro benzene ring substituents is 1. The molecule has 88 valence electrons. The first-order valence-corrected chi connectivity index (χ1v) is 4.80. The number of nitro groups is 1. The van der Waals surface area contributed by atoms with Crippen molar-refractivity contribution in [2.75, 3.05) is 26.4 Å². The van der Waals surface area contributed by atoms with Crippen molar-refractivity contribution in [3.05, 3.63) is 34.4 Å². The summed E-state index contributed by atoms with van der Waals surface area (Å²) in [5, 5.41) is 18.8. The van der Waals surface area contributed by atoms with Crippen LogP contribution in [-0.4, -0.2) is 36.5 Å². The van der Waals surface area contributed by atoms with E-state index in [9.17, 15) is 10.1 Å². The number of benzene rings is 1. The van der Waals surface area contributed by atoms with Crippen molar-refractivity contribution in [3.8, 4) is 5.75 Å². The molecule has 0 bridgehead atoms. The summed E-state index contributed by atoms with van der Waals surface area (Å²) in [4.78, 5) is 9.90. The van der Waals surface area contributed by atoms with E-state index in [4.69, 9.17) is 14.6 Å². The third-order valence-electron chi connectivity index (χ3n) is 1.78. The van der Waals surface area contributed by atoms with Crippen molar-refractivity contribution in [2.24, 2.45) is 0 Å². The summed E-state index contributed by atoms with van der Waals surface area (Å²) < 4.78 is 10.2. The van der Waals surface area contributed by atoms with Crippen LogP contribution in [0.5, 0.6) is 5.75 Å². The monoisotopic (exact) mass is 227 g/mol. The molecular weight excluding hydrogens is 214 g/mol. The van der Waals surface area contributed by atoms with Gasteiger partial charge in [-0.1, -0.05) is 0 Å². The van der Waals surface area contributed by atoms with Crippen LogP contribution in [0, 0.1) is 10.1 Å². The molecule has 0 fully saturated rings. The van der Waals surface area contributed by atoms with Gasteiger partial charge in [0.15, 0.2) is 0 Å². The zero-order chi connectivity index (χ0) is 11.8. The van der Waals surface area contributed by atoms with Gasteiger partial charge in [-0.15, -0.1) is 0 Å². The normalized spacial score (nSPS) is 10.1. The van der Waals surface area contributed by atoms with Gasteiger partial charge in [-0.3, -0.25) is 10.1 Å². The van der Waals surface area contributed by atoms with Crippen molar-refractivity contribution >= 4 is 5.69 Å². The number of ether oxygens (including phenoxy) is 2. The van der Waals surface area contributed by atoms with Gasteiger partial charge in [0.2, 0.25) is 0 Å². The van der Waals surface area contributed by atoms with Gasteiger partial charge >= 0.3 is 0 Å². The molecule has 1 rings (SSSR count). The fourth-order valence-electron chi connectivity index (χ4n) is 1.05. The van der Waals surface area contributed by atoms with E-state index in [1.807, 2.05) is 0 Å². The number of non-ortho nitro benzene ring substituents is 1. The van der Waals surface area contributed by atoms with Crippen LogP contribution in [0.4, 0.5) is 5.69 Å². The molecule has 6 nitrogen and oxygen atoms in total. The van der Waals surface area contributed by atoms with Crippen LogP contribution < -0.4 is 4.74 Å². The Labute approximate surface area is 92.6 Å². The van der Waals surface area contributed by atoms with E-state index in [1.54, 1.807) is 0 Å². The average Bonchev–Trinajstić information content (AvgIpc) is 2.29. The van der Waals surface area contributed by atoms with E-state index in [-0.39, 0.29) is 18.9 Å². The highest BCUT2D eigenvalue weighted by Gasteiger charge is 2.03. The van der Waals surface area contributed by atoms with Gasteiger partial charge in [0.1, 0.15) is 12.4 Å². The lowest BCUT2D eigenvalue weighted by Gasteiger charge is -2.05. The van der Waals surface area contributed by atoms with Crippen LogP contribution >= 0.6 is 0 Å². The molecule has 0 unspecified atom stereocenters. The molecule has 1 N–H and O–H groups in total. The molecule has 0 aliphatic rings. The molecule has 0 radical (unpaired) electrons. The summed E-state index contributed by atoms with van der Waals surface area (Å²) in [7, 11) is 0. The summed E-state index contributed by atoms with van der Waals surface area (Å²) in [6.07, 6.45) is 0. The first-order chi connectivity index (χ1) is 7.74. The minimum atomic E-state index is -0.464. The predicted molar refractivity (Wildman–Crippen MR) is 56.5 cm³/mol. The highest BCUT2D eigenvalue weighted by Crippen LogP contribution is 2.16. The van der Waals surface area contributed by atoms with Gasteiger partial charge in [-0.2, -0.15) is 0 Å². The standard InChI is InChI=1S/C10H13NO5/c12-5-6-15-7-8-16-10-3-1-9(2-4-10)11(13)14/h1-4,12H,5-8H2. The molecule has 1 aromatic rings. The molecule has 0 atom stereocenters. The second kappa shape index (κ2) is 6.76. The molecule has 6 heteroatoms. The number of rotatable bonds is 7. The van der Waals surface area contributed by atoms with Crippen LogP contribution in [0.25, 0.3) is 0 Å². The molecule has 0 aromatic heterocycles. The maximum absolute atomic E-state index is 10.4. The number of aliphatic hydroxyl groups is 1. The largest absolute Gasteiger partial charge is 0.491 e. The molecule has 0 spiro atoms. The SMILES string of the molecule is O=[N+]([O-])c1ccc(OCCOCCO)cc1. The van der Waals surface area contributed by atoms with Crippen LogP contribution in [-0.2, 0) is 4.74 Å². The lowest BCUT2D eigenvalue weighted by Crippen LogP contribution is -2.09. The van der Waals surface area contributed by atoms with Gasteiger partial charge in [-0.05, 0) is 12.1 Å². The van der Waals surface area contributed by atoms with E-state index < -0.39 is 4.92 Å². The van der Waals surface area contributed by atoms with Crippen LogP contribution in [0.15, 0.2) is 24.3 Å². The van der Waals surface area contributed by atoms with Crippen LogP contribution in [0.1, 0.15) is 0 Å². The Hall–Kier alpha value is -1.66. The van der Waals surface area contributed by atoms with E-state index in [0.29, 0.717) is 19.0 Å². The van der Waals surface area contributed by atoms with Gasteiger partial charge in [0.25, 0.3) is 5.69 Å². The Balaban J connectivity index is 2.29. The van der Waals surface area contributed by atoms with E-state index in [0.717, 1.165) is 0 Å². The number of aliphatic hydroxyl groups excluding tert-OH is 1. The van der Waals surface area contributed by atoms with Crippen molar-refractivity contribution in [1.82, 2.24) is 0 Å². The first-order valence-electron chi connectivity index (χ1n) is 4.80. The summed E-state index contributed by atoms with van der Waals surface area (Å²) in [6.45, 7) is 0.983. The van der Waals surface area contributed by atoms with E-state index >= 15 is 0 Å². The fraction of sp³-hybridized carbons (Fsp3) is 0.400. The Morgan fingerprint density at radius 1 is 1.19 bits per heavy atom. The van der Waals surface area contributed by atoms with Crippen LogP contribution in [0.2, 0.25) is 0 Å². The number of hydrogen-bond donors (Lipinski definition) is 1. The van der Waals surface area contributed by atoms with Crippen LogP contribution in [0.3, 0.4) is 0 Å². The van der Waals surface area contributed by atoms with Gasteiger partial charge in [0.05, 0.1) is 24.7 Å². The lowest BCUT2D eigenvalue weighted by atomic mass is 10.3. The number of hydrogen-bond acceptors (Lipinski definition) is 5. The Morgan fingerprint density at radius 3 is 2.44 bits per heavy atom. The Bertz CT molecular complexity index is 324. The van der Waals surface area contributed by atoms with E-state index in [1.165, 1.54) is 24.3 Å². The Morgan fingerprint density at radius 2 is 1.88 bits per heavy atom. The molecule has 0 saturated carbocycles. The van der Waals surface area contributed by atoms with Crippen molar-refractivity contribution < 1.29 is 19.5 Å². The first kappa shape index (κ1) is 12.4. The lowest BCUT2D eigenvalue weighted by molar-refractivity contribution is -0.384. The van der Waals surface area contributed by atoms with Gasteiger partial charge in [0, 0.05) is 12.1 Å². The minimum absolute atomic E-state index is 0.0163. The molecule has 0 heterocycles. The highest BCUT2D eigenvalue weighted by atomic mass is 16.6. The summed E-state index contributed by atoms with van der Waals surface area (Å²) in [6, 6.07) is 5.82. The molecule has 0 saturated heterocycles.